The number of nitrogens with zero attached hydrogens (tertiary/aromatic N) is 3. The van der Waals surface area contributed by atoms with Crippen molar-refractivity contribution in [3.63, 3.8) is 0 Å². The zero-order valence-corrected chi connectivity index (χ0v) is 20.2. The van der Waals surface area contributed by atoms with Crippen molar-refractivity contribution in [2.45, 2.75) is 32.2 Å². The molecule has 3 rings (SSSR count). The number of rotatable bonds is 10. The van der Waals surface area contributed by atoms with Crippen LogP contribution in [0.25, 0.3) is 0 Å². The van der Waals surface area contributed by atoms with E-state index in [1.807, 2.05) is 30.3 Å². The van der Waals surface area contributed by atoms with Crippen LogP contribution in [0.1, 0.15) is 36.8 Å². The number of carbonyl (C=O) groups is 1. The van der Waals surface area contributed by atoms with Crippen LogP contribution in [0.4, 0.5) is 5.69 Å². The summed E-state index contributed by atoms with van der Waals surface area (Å²) >= 11 is 0. The maximum absolute atomic E-state index is 13.0. The second-order valence-electron chi connectivity index (χ2n) is 7.33. The molecule has 0 radical (unpaired) electrons. The first-order chi connectivity index (χ1) is 16.3. The average molecular weight is 485 g/mol. The van der Waals surface area contributed by atoms with Gasteiger partial charge in [-0.05, 0) is 36.8 Å². The molecule has 9 nitrogen and oxygen atoms in total. The largest absolute Gasteiger partial charge is 0.492 e. The summed E-state index contributed by atoms with van der Waals surface area (Å²) in [5.41, 5.74) is 0.725. The molecule has 0 aliphatic rings. The van der Waals surface area contributed by atoms with Gasteiger partial charge in [-0.25, -0.2) is 13.1 Å². The maximum atomic E-state index is 13.0. The minimum Gasteiger partial charge on any atom is -0.492 e. The van der Waals surface area contributed by atoms with Crippen molar-refractivity contribution in [3.8, 4) is 5.75 Å². The van der Waals surface area contributed by atoms with E-state index in [9.17, 15) is 18.0 Å². The molecule has 10 heteroatoms. The minimum absolute atomic E-state index is 0.00924. The van der Waals surface area contributed by atoms with Gasteiger partial charge in [0.15, 0.2) is 0 Å². The summed E-state index contributed by atoms with van der Waals surface area (Å²) in [6.45, 7) is 6.48. The van der Waals surface area contributed by atoms with Crippen LogP contribution < -0.4 is 15.6 Å². The maximum Gasteiger partial charge on any atom is 0.276 e. The molecular formula is C24H28N4O5S. The molecule has 0 aliphatic heterocycles. The summed E-state index contributed by atoms with van der Waals surface area (Å²) in [4.78, 5) is 25.3. The van der Waals surface area contributed by atoms with Crippen LogP contribution in [0.5, 0.6) is 5.75 Å². The lowest BCUT2D eigenvalue weighted by Gasteiger charge is -2.20. The number of nitrogens with one attached hydrogen (secondary N) is 1. The first-order valence-corrected chi connectivity index (χ1v) is 12.4. The molecule has 0 spiro atoms. The number of ether oxygens (including phenoxy) is 1. The summed E-state index contributed by atoms with van der Waals surface area (Å²) in [6, 6.07) is 16.2. The van der Waals surface area contributed by atoms with Gasteiger partial charge in [-0.2, -0.15) is 9.40 Å². The van der Waals surface area contributed by atoms with Crippen LogP contribution in [0.3, 0.4) is 0 Å². The monoisotopic (exact) mass is 484 g/mol. The third-order valence-corrected chi connectivity index (χ3v) is 7.16. The number of carbonyl (C=O) groups excluding carboxylic acids is 1. The third-order valence-electron chi connectivity index (χ3n) is 5.12. The van der Waals surface area contributed by atoms with Gasteiger partial charge < -0.3 is 10.1 Å². The van der Waals surface area contributed by atoms with Gasteiger partial charge in [0.05, 0.1) is 23.7 Å². The van der Waals surface area contributed by atoms with Crippen molar-refractivity contribution in [2.24, 2.45) is 0 Å². The zero-order chi connectivity index (χ0) is 24.7. The van der Waals surface area contributed by atoms with E-state index in [0.717, 1.165) is 5.56 Å². The van der Waals surface area contributed by atoms with E-state index in [-0.39, 0.29) is 28.4 Å². The number of hydrogen-bond acceptors (Lipinski definition) is 6. The number of sulfonamides is 1. The Morgan fingerprint density at radius 3 is 2.38 bits per heavy atom. The van der Waals surface area contributed by atoms with E-state index in [0.29, 0.717) is 25.4 Å². The van der Waals surface area contributed by atoms with Crippen LogP contribution in [0.2, 0.25) is 0 Å². The predicted molar refractivity (Wildman–Crippen MR) is 130 cm³/mol. The lowest BCUT2D eigenvalue weighted by atomic mass is 10.2. The highest BCUT2D eigenvalue weighted by molar-refractivity contribution is 7.89. The van der Waals surface area contributed by atoms with Crippen molar-refractivity contribution >= 4 is 21.6 Å². The Hall–Kier alpha value is -3.50. The molecule has 0 atom stereocenters. The Morgan fingerprint density at radius 1 is 1.03 bits per heavy atom. The van der Waals surface area contributed by atoms with Gasteiger partial charge in [-0.1, -0.05) is 44.2 Å². The molecule has 0 aliphatic carbocycles. The van der Waals surface area contributed by atoms with Crippen molar-refractivity contribution in [1.29, 1.82) is 0 Å². The van der Waals surface area contributed by atoms with E-state index < -0.39 is 15.9 Å². The lowest BCUT2D eigenvalue weighted by Crippen LogP contribution is -2.30. The smallest absolute Gasteiger partial charge is 0.276 e. The van der Waals surface area contributed by atoms with E-state index in [2.05, 4.69) is 10.4 Å². The fraction of sp³-hybridized carbons (Fsp3) is 0.292. The van der Waals surface area contributed by atoms with E-state index in [1.54, 1.807) is 20.8 Å². The Labute approximate surface area is 199 Å². The van der Waals surface area contributed by atoms with Gasteiger partial charge in [-0.3, -0.25) is 9.59 Å². The second-order valence-corrected chi connectivity index (χ2v) is 9.27. The second kappa shape index (κ2) is 11.1. The van der Waals surface area contributed by atoms with Gasteiger partial charge in [0.1, 0.15) is 11.4 Å². The summed E-state index contributed by atoms with van der Waals surface area (Å²) in [5, 5.41) is 6.87. The van der Waals surface area contributed by atoms with Gasteiger partial charge in [0, 0.05) is 19.2 Å². The zero-order valence-electron chi connectivity index (χ0n) is 19.4. The Kier molecular flexibility index (Phi) is 8.19. The summed E-state index contributed by atoms with van der Waals surface area (Å²) in [5.74, 6) is -0.271. The molecular weight excluding hydrogens is 456 g/mol. The van der Waals surface area contributed by atoms with E-state index in [4.69, 9.17) is 4.74 Å². The SMILES string of the molecule is CCOc1ccc(S(=O)(=O)N(CC)CC)cc1NC(=O)c1ccc(=O)n(Cc2ccccc2)n1. The molecule has 0 saturated carbocycles. The summed E-state index contributed by atoms with van der Waals surface area (Å²) < 4.78 is 34.0. The van der Waals surface area contributed by atoms with Crippen LogP contribution in [0, 0.1) is 0 Å². The predicted octanol–water partition coefficient (Wildman–Crippen LogP) is 2.97. The van der Waals surface area contributed by atoms with Crippen LogP contribution in [0.15, 0.2) is 70.4 Å². The first-order valence-electron chi connectivity index (χ1n) is 11.0. The molecule has 34 heavy (non-hydrogen) atoms. The first kappa shape index (κ1) is 25.1. The molecule has 180 valence electrons. The highest BCUT2D eigenvalue weighted by atomic mass is 32.2. The summed E-state index contributed by atoms with van der Waals surface area (Å²) in [7, 11) is -3.74. The molecule has 1 heterocycles. The van der Waals surface area contributed by atoms with Gasteiger partial charge in [-0.15, -0.1) is 0 Å². The molecule has 1 N–H and O–H groups in total. The fourth-order valence-electron chi connectivity index (χ4n) is 3.39. The number of aromatic nitrogens is 2. The number of benzene rings is 2. The molecule has 2 aromatic carbocycles. The van der Waals surface area contributed by atoms with Gasteiger partial charge in [0.25, 0.3) is 11.5 Å². The minimum atomic E-state index is -3.74. The molecule has 0 unspecified atom stereocenters. The van der Waals surface area contributed by atoms with Crippen molar-refractivity contribution < 1.29 is 17.9 Å². The Bertz CT molecular complexity index is 1300. The van der Waals surface area contributed by atoms with Crippen LogP contribution in [-0.4, -0.2) is 48.1 Å². The van der Waals surface area contributed by atoms with Crippen molar-refractivity contribution in [2.75, 3.05) is 25.0 Å². The molecule has 3 aromatic rings. The third kappa shape index (κ3) is 5.70. The molecule has 0 bridgehead atoms. The quantitative estimate of drug-likeness (QED) is 0.474. The van der Waals surface area contributed by atoms with E-state index >= 15 is 0 Å². The lowest BCUT2D eigenvalue weighted by molar-refractivity contribution is 0.101. The molecule has 1 amide bonds. The van der Waals surface area contributed by atoms with Gasteiger partial charge in [0.2, 0.25) is 10.0 Å². The highest BCUT2D eigenvalue weighted by Gasteiger charge is 2.24. The average Bonchev–Trinajstić information content (AvgIpc) is 2.83. The number of anilines is 1. The molecule has 0 saturated heterocycles. The summed E-state index contributed by atoms with van der Waals surface area (Å²) in [6.07, 6.45) is 0. The highest BCUT2D eigenvalue weighted by Crippen LogP contribution is 2.29. The number of hydrogen-bond donors (Lipinski definition) is 1. The Morgan fingerprint density at radius 2 is 1.74 bits per heavy atom. The molecule has 0 fully saturated rings. The standard InChI is InChI=1S/C24H28N4O5S/c1-4-27(5-2)34(31,32)19-12-14-22(33-6-3)21(16-19)25-24(30)20-13-15-23(29)28(26-20)17-18-10-8-7-9-11-18/h7-16H,4-6,17H2,1-3H3,(H,25,30). The topological polar surface area (TPSA) is 111 Å². The van der Waals surface area contributed by atoms with Crippen molar-refractivity contribution in [1.82, 2.24) is 14.1 Å². The van der Waals surface area contributed by atoms with Crippen LogP contribution >= 0.6 is 0 Å². The van der Waals surface area contributed by atoms with Crippen LogP contribution in [-0.2, 0) is 16.6 Å². The Balaban J connectivity index is 1.93. The van der Waals surface area contributed by atoms with Gasteiger partial charge >= 0.3 is 0 Å². The number of amides is 1. The normalized spacial score (nSPS) is 11.4. The molecule has 1 aromatic heterocycles. The van der Waals surface area contributed by atoms with Crippen molar-refractivity contribution in [3.05, 3.63) is 82.3 Å². The van der Waals surface area contributed by atoms with E-state index in [1.165, 1.54) is 39.3 Å². The fourth-order valence-corrected chi connectivity index (χ4v) is 4.87.